The van der Waals surface area contributed by atoms with E-state index in [9.17, 15) is 0 Å². The Balaban J connectivity index is 2.64. The normalized spacial score (nSPS) is 10.7. The summed E-state index contributed by atoms with van der Waals surface area (Å²) < 4.78 is 10.9. The molecule has 0 aliphatic carbocycles. The van der Waals surface area contributed by atoms with Crippen LogP contribution in [0.5, 0.6) is 11.5 Å². The van der Waals surface area contributed by atoms with Crippen molar-refractivity contribution < 1.29 is 14.7 Å². The maximum atomic E-state index is 8.45. The lowest BCUT2D eigenvalue weighted by Gasteiger charge is -2.10. The van der Waals surface area contributed by atoms with Crippen LogP contribution in [0.1, 0.15) is 31.7 Å². The predicted octanol–water partition coefficient (Wildman–Crippen LogP) is 3.07. The first kappa shape index (κ1) is 13.4. The Morgan fingerprint density at radius 1 is 1.29 bits per heavy atom. The van der Waals surface area contributed by atoms with Crippen LogP contribution >= 0.6 is 0 Å². The molecular formula is C13H19NO3. The molecule has 1 N–H and O–H groups in total. The van der Waals surface area contributed by atoms with Gasteiger partial charge < -0.3 is 14.7 Å². The van der Waals surface area contributed by atoms with Crippen molar-refractivity contribution in [1.29, 1.82) is 0 Å². The molecule has 0 spiro atoms. The Hall–Kier alpha value is -1.71. The van der Waals surface area contributed by atoms with Crippen molar-refractivity contribution in [3.05, 3.63) is 23.8 Å². The zero-order chi connectivity index (χ0) is 12.5. The van der Waals surface area contributed by atoms with Crippen LogP contribution in [0.15, 0.2) is 23.4 Å². The van der Waals surface area contributed by atoms with Crippen molar-refractivity contribution in [2.24, 2.45) is 5.16 Å². The van der Waals surface area contributed by atoms with Crippen molar-refractivity contribution in [3.8, 4) is 11.5 Å². The third kappa shape index (κ3) is 4.34. The summed E-state index contributed by atoms with van der Waals surface area (Å²) in [5, 5.41) is 11.4. The molecule has 1 aromatic carbocycles. The van der Waals surface area contributed by atoms with Crippen LogP contribution in [0.25, 0.3) is 0 Å². The first-order valence-corrected chi connectivity index (χ1v) is 5.80. The van der Waals surface area contributed by atoms with E-state index in [0.29, 0.717) is 12.4 Å². The summed E-state index contributed by atoms with van der Waals surface area (Å²) in [6.07, 6.45) is 4.73. The molecule has 1 aromatic rings. The number of ether oxygens (including phenoxy) is 2. The van der Waals surface area contributed by atoms with Crippen LogP contribution in [-0.4, -0.2) is 25.1 Å². The summed E-state index contributed by atoms with van der Waals surface area (Å²) >= 11 is 0. The molecule has 94 valence electrons. The van der Waals surface area contributed by atoms with Crippen LogP contribution in [0.3, 0.4) is 0 Å². The molecule has 4 heteroatoms. The number of hydrogen-bond acceptors (Lipinski definition) is 4. The minimum atomic E-state index is 0.652. The third-order valence-electron chi connectivity index (χ3n) is 2.40. The Morgan fingerprint density at radius 3 is 2.76 bits per heavy atom. The fraction of sp³-hybridized carbons (Fsp3) is 0.462. The number of nitrogens with zero attached hydrogens (tertiary/aromatic N) is 1. The SMILES string of the molecule is CCCCCOc1ccc(C=NO)cc1OC. The monoisotopic (exact) mass is 237 g/mol. The molecule has 0 unspecified atom stereocenters. The molecule has 0 radical (unpaired) electrons. The fourth-order valence-corrected chi connectivity index (χ4v) is 1.48. The van der Waals surface area contributed by atoms with Gasteiger partial charge in [0.15, 0.2) is 11.5 Å². The second-order valence-electron chi connectivity index (χ2n) is 3.71. The summed E-state index contributed by atoms with van der Waals surface area (Å²) in [4.78, 5) is 0. The van der Waals surface area contributed by atoms with E-state index in [-0.39, 0.29) is 0 Å². The quantitative estimate of drug-likeness (QED) is 0.343. The third-order valence-corrected chi connectivity index (χ3v) is 2.40. The molecule has 0 saturated carbocycles. The number of unbranched alkanes of at least 4 members (excludes halogenated alkanes) is 2. The van der Waals surface area contributed by atoms with E-state index in [0.717, 1.165) is 24.2 Å². The molecule has 0 atom stereocenters. The Bertz CT molecular complexity index is 364. The summed E-state index contributed by atoms with van der Waals surface area (Å²) in [6.45, 7) is 2.85. The largest absolute Gasteiger partial charge is 0.493 e. The van der Waals surface area contributed by atoms with Gasteiger partial charge in [-0.3, -0.25) is 0 Å². The lowest BCUT2D eigenvalue weighted by molar-refractivity contribution is 0.286. The second kappa shape index (κ2) is 7.54. The van der Waals surface area contributed by atoms with Gasteiger partial charge in [-0.15, -0.1) is 0 Å². The van der Waals surface area contributed by atoms with Gasteiger partial charge in [-0.1, -0.05) is 24.9 Å². The summed E-state index contributed by atoms with van der Waals surface area (Å²) in [6, 6.07) is 5.41. The first-order chi connectivity index (χ1) is 8.31. The van der Waals surface area contributed by atoms with Gasteiger partial charge >= 0.3 is 0 Å². The molecule has 0 saturated heterocycles. The van der Waals surface area contributed by atoms with Crippen molar-refractivity contribution in [1.82, 2.24) is 0 Å². The zero-order valence-electron chi connectivity index (χ0n) is 10.3. The van der Waals surface area contributed by atoms with Crippen LogP contribution in [0.2, 0.25) is 0 Å². The molecular weight excluding hydrogens is 218 g/mol. The number of rotatable bonds is 7. The molecule has 0 heterocycles. The van der Waals surface area contributed by atoms with Gasteiger partial charge in [-0.25, -0.2) is 0 Å². The smallest absolute Gasteiger partial charge is 0.161 e. The van der Waals surface area contributed by atoms with Crippen molar-refractivity contribution in [3.63, 3.8) is 0 Å². The van der Waals surface area contributed by atoms with E-state index in [2.05, 4.69) is 12.1 Å². The molecule has 1 rings (SSSR count). The molecule has 0 aromatic heterocycles. The molecule has 0 amide bonds. The van der Waals surface area contributed by atoms with Gasteiger partial charge in [-0.05, 0) is 24.6 Å². The minimum absolute atomic E-state index is 0.652. The topological polar surface area (TPSA) is 51.0 Å². The standard InChI is InChI=1S/C13H19NO3/c1-3-4-5-8-17-12-7-6-11(10-14-15)9-13(12)16-2/h6-7,9-10,15H,3-5,8H2,1-2H3. The van der Waals surface area contributed by atoms with Gasteiger partial charge in [-0.2, -0.15) is 0 Å². The molecule has 0 bridgehead atoms. The van der Waals surface area contributed by atoms with E-state index in [1.54, 1.807) is 13.2 Å². The minimum Gasteiger partial charge on any atom is -0.493 e. The number of benzene rings is 1. The molecule has 0 aliphatic rings. The Kier molecular flexibility index (Phi) is 5.93. The van der Waals surface area contributed by atoms with E-state index in [1.165, 1.54) is 12.6 Å². The summed E-state index contributed by atoms with van der Waals surface area (Å²) in [5.74, 6) is 1.37. The maximum Gasteiger partial charge on any atom is 0.161 e. The van der Waals surface area contributed by atoms with Gasteiger partial charge in [0.1, 0.15) is 0 Å². The number of hydrogen-bond donors (Lipinski definition) is 1. The first-order valence-electron chi connectivity index (χ1n) is 5.80. The van der Waals surface area contributed by atoms with Gasteiger partial charge in [0.05, 0.1) is 19.9 Å². The van der Waals surface area contributed by atoms with E-state index in [4.69, 9.17) is 14.7 Å². The van der Waals surface area contributed by atoms with Crippen molar-refractivity contribution in [2.75, 3.05) is 13.7 Å². The Labute approximate surface area is 102 Å². The van der Waals surface area contributed by atoms with Crippen LogP contribution in [-0.2, 0) is 0 Å². The van der Waals surface area contributed by atoms with Crippen LogP contribution < -0.4 is 9.47 Å². The molecule has 0 aliphatic heterocycles. The average Bonchev–Trinajstić information content (AvgIpc) is 2.36. The zero-order valence-corrected chi connectivity index (χ0v) is 10.3. The lowest BCUT2D eigenvalue weighted by atomic mass is 10.2. The lowest BCUT2D eigenvalue weighted by Crippen LogP contribution is -1.99. The van der Waals surface area contributed by atoms with Crippen molar-refractivity contribution in [2.45, 2.75) is 26.2 Å². The fourth-order valence-electron chi connectivity index (χ4n) is 1.48. The number of methoxy groups -OCH3 is 1. The average molecular weight is 237 g/mol. The van der Waals surface area contributed by atoms with E-state index >= 15 is 0 Å². The van der Waals surface area contributed by atoms with Gasteiger partial charge in [0.25, 0.3) is 0 Å². The second-order valence-corrected chi connectivity index (χ2v) is 3.71. The molecule has 0 fully saturated rings. The van der Waals surface area contributed by atoms with E-state index < -0.39 is 0 Å². The predicted molar refractivity (Wildman–Crippen MR) is 67.4 cm³/mol. The molecule has 17 heavy (non-hydrogen) atoms. The highest BCUT2D eigenvalue weighted by atomic mass is 16.5. The maximum absolute atomic E-state index is 8.45. The van der Waals surface area contributed by atoms with Crippen molar-refractivity contribution >= 4 is 6.21 Å². The highest BCUT2D eigenvalue weighted by molar-refractivity contribution is 5.80. The van der Waals surface area contributed by atoms with Gasteiger partial charge in [0.2, 0.25) is 0 Å². The van der Waals surface area contributed by atoms with Crippen LogP contribution in [0.4, 0.5) is 0 Å². The summed E-state index contributed by atoms with van der Waals surface area (Å²) in [7, 11) is 1.59. The van der Waals surface area contributed by atoms with Gasteiger partial charge in [0, 0.05) is 5.56 Å². The highest BCUT2D eigenvalue weighted by Crippen LogP contribution is 2.27. The Morgan fingerprint density at radius 2 is 2.12 bits per heavy atom. The van der Waals surface area contributed by atoms with Crippen LogP contribution in [0, 0.1) is 0 Å². The highest BCUT2D eigenvalue weighted by Gasteiger charge is 2.04. The van der Waals surface area contributed by atoms with E-state index in [1.807, 2.05) is 12.1 Å². The molecule has 4 nitrogen and oxygen atoms in total. The number of oxime groups is 1. The summed E-state index contributed by atoms with van der Waals surface area (Å²) in [5.41, 5.74) is 0.769.